The molecule has 1 aromatic carbocycles. The minimum atomic E-state index is -0.284. The van der Waals surface area contributed by atoms with Gasteiger partial charge in [-0.15, -0.1) is 11.3 Å². The third-order valence-electron chi connectivity index (χ3n) is 6.47. The van der Waals surface area contributed by atoms with Crippen LogP contribution in [-0.2, 0) is 16.1 Å². The third kappa shape index (κ3) is 4.30. The highest BCUT2D eigenvalue weighted by atomic mass is 32.1. The zero-order chi connectivity index (χ0) is 23.7. The number of hydrogen-bond acceptors (Lipinski definition) is 7. The lowest BCUT2D eigenvalue weighted by atomic mass is 10.2. The summed E-state index contributed by atoms with van der Waals surface area (Å²) >= 11 is 1.25. The second-order valence-electron chi connectivity index (χ2n) is 8.52. The molecule has 0 N–H and O–H groups in total. The van der Waals surface area contributed by atoms with Crippen molar-refractivity contribution in [3.05, 3.63) is 57.5 Å². The van der Waals surface area contributed by atoms with Crippen LogP contribution in [-0.4, -0.2) is 83.6 Å². The first-order valence-corrected chi connectivity index (χ1v) is 12.3. The summed E-state index contributed by atoms with van der Waals surface area (Å²) in [6, 6.07) is 10.2. The maximum Gasteiger partial charge on any atom is 0.264 e. The lowest BCUT2D eigenvalue weighted by molar-refractivity contribution is -0.135. The predicted octanol–water partition coefficient (Wildman–Crippen LogP) is 1.59. The molecule has 178 valence electrons. The molecule has 2 fully saturated rings. The highest BCUT2D eigenvalue weighted by molar-refractivity contribution is 7.20. The summed E-state index contributed by atoms with van der Waals surface area (Å²) < 4.78 is 6.63. The number of morpholine rings is 1. The first kappa shape index (κ1) is 22.5. The van der Waals surface area contributed by atoms with Gasteiger partial charge in [-0.25, -0.2) is 4.98 Å². The Morgan fingerprint density at radius 1 is 1.00 bits per heavy atom. The third-order valence-corrected chi connectivity index (χ3v) is 7.66. The quantitative estimate of drug-likeness (QED) is 0.563. The number of thiophene rings is 1. The topological polar surface area (TPSA) is 88.0 Å². The fourth-order valence-corrected chi connectivity index (χ4v) is 5.59. The van der Waals surface area contributed by atoms with E-state index >= 15 is 0 Å². The molecule has 0 atom stereocenters. The molecule has 0 bridgehead atoms. The average Bonchev–Trinajstić information content (AvgIpc) is 3.23. The number of benzene rings is 1. The molecule has 2 saturated heterocycles. The number of para-hydroxylation sites is 1. The van der Waals surface area contributed by atoms with E-state index in [0.717, 1.165) is 18.8 Å². The zero-order valence-corrected chi connectivity index (χ0v) is 19.9. The van der Waals surface area contributed by atoms with Gasteiger partial charge in [0.05, 0.1) is 29.8 Å². The lowest BCUT2D eigenvalue weighted by Crippen LogP contribution is -2.48. The van der Waals surface area contributed by atoms with Gasteiger partial charge in [-0.2, -0.15) is 0 Å². The molecular weight excluding hydrogens is 454 g/mol. The molecule has 3 aromatic rings. The van der Waals surface area contributed by atoms with Crippen molar-refractivity contribution in [1.82, 2.24) is 19.4 Å². The van der Waals surface area contributed by atoms with Gasteiger partial charge in [0, 0.05) is 45.0 Å². The van der Waals surface area contributed by atoms with Crippen LogP contribution in [0.15, 0.2) is 41.5 Å². The summed E-state index contributed by atoms with van der Waals surface area (Å²) in [5.74, 6) is -0.199. The number of rotatable bonds is 4. The number of hydrogen-bond donors (Lipinski definition) is 0. The molecule has 0 radical (unpaired) electrons. The average molecular weight is 482 g/mol. The number of anilines is 1. The molecule has 34 heavy (non-hydrogen) atoms. The van der Waals surface area contributed by atoms with Gasteiger partial charge >= 0.3 is 0 Å². The number of aryl methyl sites for hydroxylation is 1. The van der Waals surface area contributed by atoms with E-state index in [0.29, 0.717) is 60.1 Å². The van der Waals surface area contributed by atoms with Crippen LogP contribution in [0.1, 0.15) is 15.2 Å². The van der Waals surface area contributed by atoms with E-state index in [1.165, 1.54) is 22.2 Å². The number of piperazine rings is 1. The Hall–Kier alpha value is -3.24. The van der Waals surface area contributed by atoms with Crippen LogP contribution < -0.4 is 10.5 Å². The number of amides is 2. The Bertz CT molecular complexity index is 1260. The minimum absolute atomic E-state index is 0.0662. The predicted molar refractivity (Wildman–Crippen MR) is 131 cm³/mol. The lowest BCUT2D eigenvalue weighted by Gasteiger charge is -2.36. The van der Waals surface area contributed by atoms with E-state index in [1.807, 2.05) is 23.1 Å². The Balaban J connectivity index is 1.33. The molecule has 2 aromatic heterocycles. The van der Waals surface area contributed by atoms with Crippen LogP contribution in [0.5, 0.6) is 0 Å². The number of fused-ring (bicyclic) bond motifs is 1. The molecule has 2 aliphatic rings. The molecule has 0 saturated carbocycles. The summed E-state index contributed by atoms with van der Waals surface area (Å²) in [6.07, 6.45) is 1.41. The van der Waals surface area contributed by atoms with Crippen molar-refractivity contribution < 1.29 is 14.3 Å². The van der Waals surface area contributed by atoms with Gasteiger partial charge in [0.15, 0.2) is 0 Å². The van der Waals surface area contributed by atoms with Crippen LogP contribution in [0, 0.1) is 6.92 Å². The maximum absolute atomic E-state index is 13.3. The summed E-state index contributed by atoms with van der Waals surface area (Å²) in [5, 5.41) is 0.425. The normalized spacial score (nSPS) is 16.8. The van der Waals surface area contributed by atoms with Gasteiger partial charge in [-0.1, -0.05) is 18.2 Å². The standard InChI is InChI=1S/C24H27N5O4S/c1-17-20-22(25-16-29(23(20)31)15-19(30)27-11-13-33-14-12-27)34-21(17)24(32)28-9-7-26(8-10-28)18-5-3-2-4-6-18/h2-6,16H,7-15H2,1H3. The number of nitrogens with zero attached hydrogens (tertiary/aromatic N) is 5. The fraction of sp³-hybridized carbons (Fsp3) is 0.417. The van der Waals surface area contributed by atoms with Gasteiger partial charge < -0.3 is 19.4 Å². The van der Waals surface area contributed by atoms with Gasteiger partial charge in [-0.05, 0) is 24.6 Å². The molecule has 5 rings (SSSR count). The zero-order valence-electron chi connectivity index (χ0n) is 19.1. The van der Waals surface area contributed by atoms with Crippen molar-refractivity contribution in [1.29, 1.82) is 0 Å². The molecular formula is C24H27N5O4S. The Morgan fingerprint density at radius 2 is 1.71 bits per heavy atom. The van der Waals surface area contributed by atoms with E-state index in [-0.39, 0.29) is 23.9 Å². The van der Waals surface area contributed by atoms with Gasteiger partial charge in [0.25, 0.3) is 11.5 Å². The molecule has 10 heteroatoms. The number of ether oxygens (including phenoxy) is 1. The van der Waals surface area contributed by atoms with E-state index in [2.05, 4.69) is 22.0 Å². The number of aromatic nitrogens is 2. The molecule has 9 nitrogen and oxygen atoms in total. The number of carbonyl (C=O) groups excluding carboxylic acids is 2. The Labute approximate surface area is 201 Å². The van der Waals surface area contributed by atoms with Crippen molar-refractivity contribution in [2.45, 2.75) is 13.5 Å². The molecule has 2 aliphatic heterocycles. The Morgan fingerprint density at radius 3 is 2.41 bits per heavy atom. The van der Waals surface area contributed by atoms with Crippen molar-refractivity contribution in [3.8, 4) is 0 Å². The van der Waals surface area contributed by atoms with Crippen LogP contribution in [0.3, 0.4) is 0 Å². The highest BCUT2D eigenvalue weighted by Crippen LogP contribution is 2.28. The smallest absolute Gasteiger partial charge is 0.264 e. The monoisotopic (exact) mass is 481 g/mol. The second-order valence-corrected chi connectivity index (χ2v) is 9.52. The van der Waals surface area contributed by atoms with Crippen LogP contribution in [0.2, 0.25) is 0 Å². The summed E-state index contributed by atoms with van der Waals surface area (Å²) in [5.41, 5.74) is 1.51. The van der Waals surface area contributed by atoms with Crippen LogP contribution in [0.25, 0.3) is 10.2 Å². The summed E-state index contributed by atoms with van der Waals surface area (Å²) in [4.78, 5) is 50.4. The second kappa shape index (κ2) is 9.55. The SMILES string of the molecule is Cc1c(C(=O)N2CCN(c3ccccc3)CC2)sc2ncn(CC(=O)N3CCOCC3)c(=O)c12. The van der Waals surface area contributed by atoms with Gasteiger partial charge in [0.2, 0.25) is 5.91 Å². The largest absolute Gasteiger partial charge is 0.378 e. The summed E-state index contributed by atoms with van der Waals surface area (Å²) in [6.45, 7) is 6.54. The van der Waals surface area contributed by atoms with Crippen molar-refractivity contribution >= 4 is 39.1 Å². The van der Waals surface area contributed by atoms with Crippen molar-refractivity contribution in [2.24, 2.45) is 0 Å². The van der Waals surface area contributed by atoms with E-state index in [4.69, 9.17) is 4.74 Å². The van der Waals surface area contributed by atoms with Gasteiger partial charge in [0.1, 0.15) is 11.4 Å². The van der Waals surface area contributed by atoms with Gasteiger partial charge in [-0.3, -0.25) is 19.0 Å². The molecule has 0 unspecified atom stereocenters. The van der Waals surface area contributed by atoms with E-state index in [1.54, 1.807) is 11.8 Å². The maximum atomic E-state index is 13.3. The van der Waals surface area contributed by atoms with Crippen molar-refractivity contribution in [2.75, 3.05) is 57.4 Å². The first-order chi connectivity index (χ1) is 16.5. The van der Waals surface area contributed by atoms with E-state index < -0.39 is 0 Å². The van der Waals surface area contributed by atoms with E-state index in [9.17, 15) is 14.4 Å². The molecule has 2 amide bonds. The first-order valence-electron chi connectivity index (χ1n) is 11.5. The Kier molecular flexibility index (Phi) is 6.34. The van der Waals surface area contributed by atoms with Crippen LogP contribution >= 0.6 is 11.3 Å². The fourth-order valence-electron chi connectivity index (χ4n) is 4.48. The van der Waals surface area contributed by atoms with Crippen LogP contribution in [0.4, 0.5) is 5.69 Å². The molecule has 4 heterocycles. The number of carbonyl (C=O) groups is 2. The summed E-state index contributed by atoms with van der Waals surface area (Å²) in [7, 11) is 0. The highest BCUT2D eigenvalue weighted by Gasteiger charge is 2.27. The molecule has 0 aliphatic carbocycles. The van der Waals surface area contributed by atoms with Crippen molar-refractivity contribution in [3.63, 3.8) is 0 Å². The minimum Gasteiger partial charge on any atom is -0.378 e. The molecule has 0 spiro atoms.